The molecule has 3 heteroatoms. The topological polar surface area (TPSA) is 3.88 Å². The Balaban J connectivity index is 0.000000720. The van der Waals surface area contributed by atoms with E-state index < -0.39 is 0 Å². The summed E-state index contributed by atoms with van der Waals surface area (Å²) in [5, 5.41) is 0. The van der Waals surface area contributed by atoms with E-state index in [2.05, 4.69) is 42.8 Å². The molecule has 64 valence electrons. The first-order valence-electron chi connectivity index (χ1n) is 3.63. The molecule has 0 atom stereocenters. The van der Waals surface area contributed by atoms with Crippen molar-refractivity contribution in [2.75, 3.05) is 0 Å². The van der Waals surface area contributed by atoms with Crippen molar-refractivity contribution in [1.82, 2.24) is 0 Å². The Hall–Kier alpha value is 0.139. The van der Waals surface area contributed by atoms with Crippen LogP contribution in [0, 0.1) is 6.92 Å². The van der Waals surface area contributed by atoms with E-state index in [1.165, 1.54) is 14.3 Å². The van der Waals surface area contributed by atoms with Crippen LogP contribution in [0.1, 0.15) is 4.57 Å². The van der Waals surface area contributed by atoms with Crippen molar-refractivity contribution in [3.63, 3.8) is 0 Å². The van der Waals surface area contributed by atoms with E-state index in [1.807, 2.05) is 0 Å². The van der Waals surface area contributed by atoms with E-state index in [0.717, 1.165) is 0 Å². The molecule has 1 nitrogen and oxygen atoms in total. The van der Waals surface area contributed by atoms with Crippen LogP contribution in [0.4, 0.5) is 0 Å². The minimum Gasteiger partial charge on any atom is -1.00 e. The quantitative estimate of drug-likeness (QED) is 0.298. The van der Waals surface area contributed by atoms with Gasteiger partial charge >= 0.3 is 71.7 Å². The van der Waals surface area contributed by atoms with Gasteiger partial charge in [0.2, 0.25) is 0 Å². The maximum Gasteiger partial charge on any atom is -1.00 e. The van der Waals surface area contributed by atoms with E-state index in [1.54, 1.807) is 0 Å². The Morgan fingerprint density at radius 3 is 2.58 bits per heavy atom. The van der Waals surface area contributed by atoms with Crippen molar-refractivity contribution < 1.29 is 28.5 Å². The zero-order valence-electron chi connectivity index (χ0n) is 7.04. The van der Waals surface area contributed by atoms with Crippen LogP contribution in [0.25, 0.3) is 9.78 Å². The predicted octanol–water partition coefficient (Wildman–Crippen LogP) is -1.97. The van der Waals surface area contributed by atoms with E-state index in [-0.39, 0.29) is 24.0 Å². The summed E-state index contributed by atoms with van der Waals surface area (Å²) in [6.45, 7) is 2.21. The van der Waals surface area contributed by atoms with Gasteiger partial charge in [-0.1, -0.05) is 0 Å². The molecule has 1 aromatic heterocycles. The Labute approximate surface area is 95.2 Å². The van der Waals surface area contributed by atoms with Gasteiger partial charge in [-0.25, -0.2) is 0 Å². The fraction of sp³-hybridized carbons (Fsp3) is 0.222. The number of hydrogen-bond donors (Lipinski definition) is 0. The van der Waals surface area contributed by atoms with Crippen LogP contribution in [-0.2, 0) is 7.05 Å². The molecule has 0 N–H and O–H groups in total. The SMILES string of the molecule is Cc1[se]c2ccccc2[n+]1C.[I-]. The largest absolute Gasteiger partial charge is 1.00 e. The average Bonchev–Trinajstić information content (AvgIpc) is 2.30. The second-order valence-electron chi connectivity index (χ2n) is 2.65. The minimum atomic E-state index is 0. The minimum absolute atomic E-state index is 0. The van der Waals surface area contributed by atoms with Gasteiger partial charge in [0.25, 0.3) is 0 Å². The third-order valence-electron chi connectivity index (χ3n) is 1.96. The van der Waals surface area contributed by atoms with Gasteiger partial charge in [0, 0.05) is 0 Å². The molecule has 0 bridgehead atoms. The summed E-state index contributed by atoms with van der Waals surface area (Å²) in [7, 11) is 2.14. The number of fused-ring (bicyclic) bond motifs is 1. The van der Waals surface area contributed by atoms with Crippen LogP contribution >= 0.6 is 0 Å². The summed E-state index contributed by atoms with van der Waals surface area (Å²) in [5.74, 6) is 0. The first kappa shape index (κ1) is 10.2. The Bertz CT molecular complexity index is 394. The summed E-state index contributed by atoms with van der Waals surface area (Å²) in [4.78, 5) is 0. The smallest absolute Gasteiger partial charge is 1.00 e. The van der Waals surface area contributed by atoms with Crippen LogP contribution in [0.15, 0.2) is 24.3 Å². The Kier molecular flexibility index (Phi) is 3.32. The number of rotatable bonds is 0. The van der Waals surface area contributed by atoms with Gasteiger partial charge in [0.05, 0.1) is 0 Å². The Morgan fingerprint density at radius 1 is 1.25 bits per heavy atom. The molecule has 0 saturated carbocycles. The first-order chi connectivity index (χ1) is 5.29. The molecule has 0 saturated heterocycles. The van der Waals surface area contributed by atoms with Gasteiger partial charge in [-0.05, 0) is 0 Å². The second-order valence-corrected chi connectivity index (χ2v) is 5.24. The molecule has 2 rings (SSSR count). The molecule has 1 heterocycles. The van der Waals surface area contributed by atoms with Crippen LogP contribution in [0.5, 0.6) is 0 Å². The summed E-state index contributed by atoms with van der Waals surface area (Å²) < 4.78 is 5.30. The standard InChI is InChI=1S/C9H10NSe.HI/c1-7-10(2)8-5-3-4-6-9(8)11-7;/h3-6H,1-2H3;1H/q+1;/p-1. The number of halogens is 1. The van der Waals surface area contributed by atoms with Gasteiger partial charge in [0.15, 0.2) is 0 Å². The van der Waals surface area contributed by atoms with E-state index in [4.69, 9.17) is 0 Å². The second kappa shape index (κ2) is 3.90. The van der Waals surface area contributed by atoms with Crippen molar-refractivity contribution in [3.05, 3.63) is 28.8 Å². The first-order valence-corrected chi connectivity index (χ1v) is 5.34. The molecule has 0 aliphatic rings. The summed E-state index contributed by atoms with van der Waals surface area (Å²) >= 11 is 0.575. The normalized spacial score (nSPS) is 9.83. The molecule has 0 aliphatic carbocycles. The van der Waals surface area contributed by atoms with E-state index in [0.29, 0.717) is 14.5 Å². The van der Waals surface area contributed by atoms with Crippen LogP contribution < -0.4 is 28.5 Å². The summed E-state index contributed by atoms with van der Waals surface area (Å²) in [6.07, 6.45) is 0. The number of aromatic nitrogens is 1. The predicted molar refractivity (Wildman–Crippen MR) is 46.8 cm³/mol. The molecule has 0 spiro atoms. The van der Waals surface area contributed by atoms with Crippen LogP contribution in [0.2, 0.25) is 0 Å². The third-order valence-corrected chi connectivity index (χ3v) is 4.34. The molecular formula is C9H10INSe. The fourth-order valence-electron chi connectivity index (χ4n) is 1.22. The molecule has 12 heavy (non-hydrogen) atoms. The van der Waals surface area contributed by atoms with E-state index in [9.17, 15) is 0 Å². The zero-order valence-corrected chi connectivity index (χ0v) is 10.9. The molecule has 0 radical (unpaired) electrons. The molecule has 0 unspecified atom stereocenters. The number of benzene rings is 1. The van der Waals surface area contributed by atoms with Gasteiger partial charge in [-0.3, -0.25) is 0 Å². The monoisotopic (exact) mass is 339 g/mol. The molecule has 0 fully saturated rings. The van der Waals surface area contributed by atoms with Gasteiger partial charge in [-0.15, -0.1) is 0 Å². The number of para-hydroxylation sites is 1. The fourth-order valence-corrected chi connectivity index (χ4v) is 3.34. The summed E-state index contributed by atoms with van der Waals surface area (Å²) in [6, 6.07) is 8.63. The van der Waals surface area contributed by atoms with Crippen molar-refractivity contribution in [2.45, 2.75) is 6.92 Å². The molecule has 0 amide bonds. The van der Waals surface area contributed by atoms with Gasteiger partial charge in [0.1, 0.15) is 0 Å². The summed E-state index contributed by atoms with van der Waals surface area (Å²) in [5.41, 5.74) is 1.39. The number of hydrogen-bond acceptors (Lipinski definition) is 0. The molecule has 1 aromatic carbocycles. The van der Waals surface area contributed by atoms with Gasteiger partial charge < -0.3 is 24.0 Å². The van der Waals surface area contributed by atoms with Gasteiger partial charge in [-0.2, -0.15) is 0 Å². The maximum absolute atomic E-state index is 2.29. The third kappa shape index (κ3) is 1.58. The van der Waals surface area contributed by atoms with Crippen molar-refractivity contribution in [1.29, 1.82) is 0 Å². The van der Waals surface area contributed by atoms with Crippen molar-refractivity contribution in [3.8, 4) is 0 Å². The molecule has 2 aromatic rings. The zero-order chi connectivity index (χ0) is 7.84. The van der Waals surface area contributed by atoms with E-state index >= 15 is 0 Å². The Morgan fingerprint density at radius 2 is 1.92 bits per heavy atom. The number of aryl methyl sites for hydroxylation is 2. The molecule has 0 aliphatic heterocycles. The molecular weight excluding hydrogens is 328 g/mol. The maximum atomic E-state index is 2.29. The van der Waals surface area contributed by atoms with Crippen molar-refractivity contribution in [2.24, 2.45) is 7.05 Å². The van der Waals surface area contributed by atoms with Crippen LogP contribution in [-0.4, -0.2) is 14.5 Å². The average molecular weight is 338 g/mol. The van der Waals surface area contributed by atoms with Crippen molar-refractivity contribution >= 4 is 24.3 Å². The van der Waals surface area contributed by atoms with Crippen LogP contribution in [0.3, 0.4) is 0 Å². The number of nitrogens with zero attached hydrogens (tertiary/aromatic N) is 1.